The quantitative estimate of drug-likeness (QED) is 0.155. The van der Waals surface area contributed by atoms with E-state index in [0.29, 0.717) is 35.9 Å². The summed E-state index contributed by atoms with van der Waals surface area (Å²) in [6, 6.07) is 0. The van der Waals surface area contributed by atoms with E-state index in [4.69, 9.17) is 0 Å². The Kier molecular flexibility index (Phi) is 33.0. The molecule has 0 unspecified atom stereocenters. The van der Waals surface area contributed by atoms with Crippen LogP contribution in [0.1, 0.15) is 12.8 Å². The van der Waals surface area contributed by atoms with E-state index in [0.717, 1.165) is 23.7 Å². The fourth-order valence-corrected chi connectivity index (χ4v) is 5.65. The number of hydrogen-bond donors (Lipinski definition) is 0. The molecule has 6 aliphatic rings. The third-order valence-electron chi connectivity index (χ3n) is 6.46. The minimum atomic E-state index is 0. The Hall–Kier alpha value is 0.938. The summed E-state index contributed by atoms with van der Waals surface area (Å²) >= 11 is 3.03. The van der Waals surface area contributed by atoms with Crippen molar-refractivity contribution in [2.45, 2.75) is 12.8 Å². The molecule has 0 atom stereocenters. The van der Waals surface area contributed by atoms with Gasteiger partial charge >= 0.3 is 51.2 Å². The van der Waals surface area contributed by atoms with Crippen molar-refractivity contribution in [3.63, 3.8) is 0 Å². The van der Waals surface area contributed by atoms with Crippen LogP contribution in [0.3, 0.4) is 0 Å². The van der Waals surface area contributed by atoms with Gasteiger partial charge in [-0.05, 0) is 167 Å². The first-order valence-corrected chi connectivity index (χ1v) is 17.3. The Morgan fingerprint density at radius 2 is 0.531 bits per heavy atom. The topological polar surface area (TPSA) is 68.3 Å². The van der Waals surface area contributed by atoms with E-state index in [1.807, 2.05) is 167 Å². The molecule has 0 heterocycles. The summed E-state index contributed by atoms with van der Waals surface area (Å²) in [7, 11) is 0. The third kappa shape index (κ3) is 22.7. The van der Waals surface area contributed by atoms with Crippen molar-refractivity contribution in [2.75, 3.05) is 23.0 Å². The van der Waals surface area contributed by atoms with Gasteiger partial charge in [0.05, 0.1) is 11.5 Å². The molecule has 0 N–H and O–H groups in total. The van der Waals surface area contributed by atoms with Crippen LogP contribution < -0.4 is 0 Å². The Morgan fingerprint density at radius 1 is 0.327 bits per heavy atom. The van der Waals surface area contributed by atoms with Crippen LogP contribution in [0.5, 0.6) is 0 Å². The molecule has 0 aromatic rings. The molecular weight excluding hydrogens is 776 g/mol. The van der Waals surface area contributed by atoms with E-state index in [1.165, 1.54) is 23.5 Å². The number of hydrogen-bond acceptors (Lipinski definition) is 6. The van der Waals surface area contributed by atoms with Gasteiger partial charge in [0.2, 0.25) is 0 Å². The Balaban J connectivity index is 0.000000697. The first kappa shape index (κ1) is 49.9. The molecule has 6 saturated carbocycles. The number of ketones is 4. The number of rotatable bonds is 14. The smallest absolute Gasteiger partial charge is 0.299 e. The maximum Gasteiger partial charge on any atom is 2.00 e. The number of Topliss-reactive ketones (excluding diaryl/α,β-unsaturated/α-hetero) is 4. The zero-order valence-corrected chi connectivity index (χ0v) is 31.7. The fourth-order valence-electron chi connectivity index (χ4n) is 4.00. The molecule has 49 heavy (non-hydrogen) atoms. The largest absolute Gasteiger partial charge is 2.00 e. The first-order chi connectivity index (χ1) is 22.5. The van der Waals surface area contributed by atoms with Crippen LogP contribution in [0.4, 0.5) is 0 Å². The molecule has 30 radical (unpaired) electrons. The van der Waals surface area contributed by atoms with Crippen LogP contribution in [-0.2, 0) is 70.4 Å². The standard InChI is InChI=1S/2C15H14O2S.2C5H5.3Fe/c2*16-14(12-5-1-2-6-12)9-10-18-11-15(17)13-7-3-4-8-13;2*1-2-4-5-3-1;;;/h2*1-8H,9-11H2;2*1-5H;;;/q;;;;3*+2. The molecule has 6 rings (SSSR count). The molecule has 6 fully saturated rings. The Bertz CT molecular complexity index is 712. The molecule has 0 aromatic heterocycles. The summed E-state index contributed by atoms with van der Waals surface area (Å²) in [5, 5.41) is 0. The number of carbonyl (C=O) groups is 4. The number of carbonyl (C=O) groups excluding carboxylic acids is 4. The molecule has 0 saturated heterocycles. The molecule has 0 spiro atoms. The average molecular weight is 814 g/mol. The van der Waals surface area contributed by atoms with Gasteiger partial charge in [0.25, 0.3) is 0 Å². The van der Waals surface area contributed by atoms with Gasteiger partial charge in [-0.25, -0.2) is 0 Å². The van der Waals surface area contributed by atoms with Gasteiger partial charge in [-0.3, -0.25) is 19.2 Å². The van der Waals surface area contributed by atoms with Gasteiger partial charge < -0.3 is 0 Å². The molecule has 0 amide bonds. The molecule has 0 aliphatic heterocycles. The van der Waals surface area contributed by atoms with Crippen molar-refractivity contribution < 1.29 is 70.4 Å². The predicted octanol–water partition coefficient (Wildman–Crippen LogP) is 6.15. The maximum absolute atomic E-state index is 11.7. The van der Waals surface area contributed by atoms with E-state index >= 15 is 0 Å². The van der Waals surface area contributed by atoms with E-state index < -0.39 is 0 Å². The predicted molar refractivity (Wildman–Crippen MR) is 189 cm³/mol. The minimum absolute atomic E-state index is 0. The molecule has 4 nitrogen and oxygen atoms in total. The van der Waals surface area contributed by atoms with E-state index in [2.05, 4.69) is 0 Å². The summed E-state index contributed by atoms with van der Waals surface area (Å²) in [4.78, 5) is 46.7. The van der Waals surface area contributed by atoms with Crippen molar-refractivity contribution in [3.05, 3.63) is 191 Å². The van der Waals surface area contributed by atoms with Crippen LogP contribution in [-0.4, -0.2) is 46.1 Å². The summed E-state index contributed by atoms with van der Waals surface area (Å²) < 4.78 is 0. The summed E-state index contributed by atoms with van der Waals surface area (Å²) in [5.41, 5.74) is 0. The van der Waals surface area contributed by atoms with Crippen molar-refractivity contribution in [3.8, 4) is 0 Å². The second-order valence-electron chi connectivity index (χ2n) is 9.92. The molecule has 0 bridgehead atoms. The van der Waals surface area contributed by atoms with Crippen molar-refractivity contribution in [2.24, 2.45) is 0 Å². The average Bonchev–Trinajstić information content (AvgIpc) is 3.92. The second kappa shape index (κ2) is 32.4. The normalized spacial score (nSPS) is 20.7. The van der Waals surface area contributed by atoms with Crippen molar-refractivity contribution >= 4 is 46.7 Å². The van der Waals surface area contributed by atoms with Crippen LogP contribution in [0.15, 0.2) is 0 Å². The van der Waals surface area contributed by atoms with Gasteiger partial charge in [0.1, 0.15) is 23.1 Å². The van der Waals surface area contributed by atoms with E-state index in [1.54, 1.807) is 0 Å². The van der Waals surface area contributed by atoms with Crippen LogP contribution >= 0.6 is 23.5 Å². The maximum atomic E-state index is 11.7. The molecule has 252 valence electrons. The van der Waals surface area contributed by atoms with Gasteiger partial charge in [-0.1, -0.05) is 0 Å². The third-order valence-corrected chi connectivity index (χ3v) is 8.38. The molecule has 9 heteroatoms. The second-order valence-corrected chi connectivity index (χ2v) is 12.1. The zero-order chi connectivity index (χ0) is 32.7. The summed E-state index contributed by atoms with van der Waals surface area (Å²) in [6.07, 6.45) is 50.4. The SMILES string of the molecule is O=C(CCSCC(=O)[C]1[CH][CH][CH][CH]1)[C]1[CH][CH][CH][CH]1.O=C(CCSCC(=O)[C]1[CH][CH][CH][CH]1)[C]1[CH][CH][CH][CH]1.[CH]1[CH][CH][CH][CH]1.[CH]1[CH][CH][CH][CH]1.[Fe+2].[Fe+2].[Fe+2]. The zero-order valence-electron chi connectivity index (χ0n) is 26.8. The van der Waals surface area contributed by atoms with E-state index in [9.17, 15) is 19.2 Å². The molecule has 6 aliphatic carbocycles. The summed E-state index contributed by atoms with van der Waals surface area (Å²) in [5.74, 6) is 5.85. The molecular formula is C40H38Fe3O4S2+6. The van der Waals surface area contributed by atoms with Crippen LogP contribution in [0, 0.1) is 191 Å². The monoisotopic (exact) mass is 814 g/mol. The van der Waals surface area contributed by atoms with Gasteiger partial charge in [0.15, 0.2) is 0 Å². The first-order valence-electron chi connectivity index (χ1n) is 15.0. The van der Waals surface area contributed by atoms with Gasteiger partial charge in [-0.2, -0.15) is 23.5 Å². The minimum Gasteiger partial charge on any atom is -0.299 e. The fraction of sp³-hybridized carbons (Fsp3) is 0.150. The Labute approximate surface area is 341 Å². The van der Waals surface area contributed by atoms with Gasteiger partial charge in [0, 0.05) is 48.0 Å². The molecule has 0 aromatic carbocycles. The van der Waals surface area contributed by atoms with Crippen LogP contribution in [0.25, 0.3) is 0 Å². The van der Waals surface area contributed by atoms with Crippen LogP contribution in [0.2, 0.25) is 0 Å². The van der Waals surface area contributed by atoms with Gasteiger partial charge in [-0.15, -0.1) is 0 Å². The van der Waals surface area contributed by atoms with E-state index in [-0.39, 0.29) is 74.3 Å². The number of thioether (sulfide) groups is 2. The van der Waals surface area contributed by atoms with Crippen molar-refractivity contribution in [1.29, 1.82) is 0 Å². The van der Waals surface area contributed by atoms with Crippen molar-refractivity contribution in [1.82, 2.24) is 0 Å². The Morgan fingerprint density at radius 3 is 0.755 bits per heavy atom. The summed E-state index contributed by atoms with van der Waals surface area (Å²) in [6.45, 7) is 0.